The lowest BCUT2D eigenvalue weighted by molar-refractivity contribution is -0.162. The molecule has 0 saturated heterocycles. The van der Waals surface area contributed by atoms with Gasteiger partial charge >= 0.3 is 11.9 Å². The molecule has 0 saturated carbocycles. The molecule has 5 heteroatoms. The van der Waals surface area contributed by atoms with Crippen molar-refractivity contribution in [1.82, 2.24) is 0 Å². The van der Waals surface area contributed by atoms with Crippen LogP contribution in [0.25, 0.3) is 0 Å². The molecule has 0 aliphatic heterocycles. The molecule has 68 valence electrons. The molecule has 0 spiro atoms. The summed E-state index contributed by atoms with van der Waals surface area (Å²) in [6.07, 6.45) is -1.73. The highest BCUT2D eigenvalue weighted by molar-refractivity contribution is 5.89. The number of halogens is 1. The summed E-state index contributed by atoms with van der Waals surface area (Å²) in [5, 5.41) is 8.26. The first kappa shape index (κ1) is 10.6. The van der Waals surface area contributed by atoms with Crippen molar-refractivity contribution < 1.29 is 23.8 Å². The molecule has 1 unspecified atom stereocenters. The molecule has 0 amide bonds. The van der Waals surface area contributed by atoms with Crippen LogP contribution in [0.15, 0.2) is 12.2 Å². The molecule has 0 aromatic carbocycles. The third kappa shape index (κ3) is 3.14. The maximum atomic E-state index is 11.8. The van der Waals surface area contributed by atoms with Crippen LogP contribution < -0.4 is 0 Å². The van der Waals surface area contributed by atoms with Gasteiger partial charge in [0.2, 0.25) is 6.10 Å². The number of carbonyl (C=O) groups excluding carboxylic acids is 1. The zero-order valence-corrected chi connectivity index (χ0v) is 6.54. The lowest BCUT2D eigenvalue weighted by Gasteiger charge is -2.08. The van der Waals surface area contributed by atoms with E-state index in [0.29, 0.717) is 0 Å². The van der Waals surface area contributed by atoms with Gasteiger partial charge in [-0.05, 0) is 6.92 Å². The average Bonchev–Trinajstić information content (AvgIpc) is 1.98. The zero-order valence-electron chi connectivity index (χ0n) is 6.54. The molecule has 0 aromatic rings. The molecule has 0 heterocycles. The van der Waals surface area contributed by atoms with Gasteiger partial charge in [0, 0.05) is 5.57 Å². The summed E-state index contributed by atoms with van der Waals surface area (Å²) in [5.74, 6) is -2.41. The van der Waals surface area contributed by atoms with Gasteiger partial charge in [0.05, 0.1) is 0 Å². The third-order valence-electron chi connectivity index (χ3n) is 1.01. The van der Waals surface area contributed by atoms with Gasteiger partial charge in [-0.1, -0.05) is 6.58 Å². The fraction of sp³-hybridized carbons (Fsp3) is 0.429. The van der Waals surface area contributed by atoms with Crippen molar-refractivity contribution in [2.24, 2.45) is 0 Å². The lowest BCUT2D eigenvalue weighted by atomic mass is 10.3. The minimum atomic E-state index is -1.73. The molecule has 1 atom stereocenters. The topological polar surface area (TPSA) is 63.6 Å². The molecule has 0 aliphatic rings. The highest BCUT2D eigenvalue weighted by Gasteiger charge is 2.21. The van der Waals surface area contributed by atoms with Gasteiger partial charge in [0.1, 0.15) is 6.67 Å². The maximum absolute atomic E-state index is 11.8. The van der Waals surface area contributed by atoms with Gasteiger partial charge in [-0.15, -0.1) is 0 Å². The summed E-state index contributed by atoms with van der Waals surface area (Å²) in [5.41, 5.74) is 0.0368. The molecular formula is C7H9FO4. The fourth-order valence-electron chi connectivity index (χ4n) is 0.378. The predicted octanol–water partition coefficient (Wildman–Crippen LogP) is 0.528. The first-order chi connectivity index (χ1) is 5.49. The number of aliphatic carboxylic acids is 1. The molecule has 12 heavy (non-hydrogen) atoms. The Bertz CT molecular complexity index is 211. The van der Waals surface area contributed by atoms with Crippen molar-refractivity contribution >= 4 is 11.9 Å². The Hall–Kier alpha value is -1.39. The van der Waals surface area contributed by atoms with Crippen LogP contribution in [-0.4, -0.2) is 29.8 Å². The van der Waals surface area contributed by atoms with Crippen molar-refractivity contribution in [3.63, 3.8) is 0 Å². The monoisotopic (exact) mass is 176 g/mol. The highest BCUT2D eigenvalue weighted by atomic mass is 19.1. The maximum Gasteiger partial charge on any atom is 0.347 e. The van der Waals surface area contributed by atoms with Gasteiger partial charge in [0.15, 0.2) is 0 Å². The molecule has 0 aromatic heterocycles. The molecule has 0 aliphatic carbocycles. The molecule has 0 rings (SSSR count). The normalized spacial score (nSPS) is 11.8. The van der Waals surface area contributed by atoms with E-state index >= 15 is 0 Å². The van der Waals surface area contributed by atoms with Gasteiger partial charge in [-0.25, -0.2) is 14.0 Å². The van der Waals surface area contributed by atoms with Crippen LogP contribution in [0.3, 0.4) is 0 Å². The number of hydrogen-bond donors (Lipinski definition) is 1. The third-order valence-corrected chi connectivity index (χ3v) is 1.01. The van der Waals surface area contributed by atoms with E-state index in [1.165, 1.54) is 6.92 Å². The van der Waals surface area contributed by atoms with Crippen molar-refractivity contribution in [2.75, 3.05) is 6.67 Å². The smallest absolute Gasteiger partial charge is 0.347 e. The largest absolute Gasteiger partial charge is 0.478 e. The fourth-order valence-corrected chi connectivity index (χ4v) is 0.378. The van der Waals surface area contributed by atoms with Crippen LogP contribution in [0.5, 0.6) is 0 Å². The van der Waals surface area contributed by atoms with Gasteiger partial charge in [-0.2, -0.15) is 0 Å². The van der Waals surface area contributed by atoms with E-state index in [0.717, 1.165) is 0 Å². The van der Waals surface area contributed by atoms with E-state index in [-0.39, 0.29) is 5.57 Å². The molecular weight excluding hydrogens is 167 g/mol. The molecule has 1 N–H and O–H groups in total. The van der Waals surface area contributed by atoms with Gasteiger partial charge < -0.3 is 9.84 Å². The summed E-state index contributed by atoms with van der Waals surface area (Å²) in [6.45, 7) is 3.32. The number of carboxylic acids is 1. The second kappa shape index (κ2) is 4.48. The number of alkyl halides is 1. The Balaban J connectivity index is 4.12. The van der Waals surface area contributed by atoms with Crippen LogP contribution in [0, 0.1) is 0 Å². The summed E-state index contributed by atoms with van der Waals surface area (Å²) >= 11 is 0. The summed E-state index contributed by atoms with van der Waals surface area (Å²) in [7, 11) is 0. The predicted molar refractivity (Wildman–Crippen MR) is 38.3 cm³/mol. The second-order valence-electron chi connectivity index (χ2n) is 2.17. The molecule has 0 bridgehead atoms. The van der Waals surface area contributed by atoms with Crippen molar-refractivity contribution in [3.05, 3.63) is 12.2 Å². The Morgan fingerprint density at radius 3 is 2.42 bits per heavy atom. The van der Waals surface area contributed by atoms with Crippen molar-refractivity contribution in [1.29, 1.82) is 0 Å². The number of carbonyl (C=O) groups is 2. The highest BCUT2D eigenvalue weighted by Crippen LogP contribution is 1.99. The zero-order chi connectivity index (χ0) is 9.72. The first-order valence-electron chi connectivity index (χ1n) is 3.14. The van der Waals surface area contributed by atoms with E-state index in [2.05, 4.69) is 11.3 Å². The van der Waals surface area contributed by atoms with Gasteiger partial charge in [0.25, 0.3) is 0 Å². The summed E-state index contributed by atoms with van der Waals surface area (Å²) in [6, 6.07) is 0. The molecule has 0 radical (unpaired) electrons. The SMILES string of the molecule is C=C(C)C(=O)OC(CF)C(=O)O. The van der Waals surface area contributed by atoms with Crippen LogP contribution >= 0.6 is 0 Å². The minimum absolute atomic E-state index is 0.0368. The van der Waals surface area contributed by atoms with E-state index in [1.54, 1.807) is 0 Å². The molecule has 4 nitrogen and oxygen atoms in total. The minimum Gasteiger partial charge on any atom is -0.478 e. The van der Waals surface area contributed by atoms with E-state index in [1.807, 2.05) is 0 Å². The Kier molecular flexibility index (Phi) is 3.96. The number of rotatable bonds is 4. The number of carboxylic acid groups (broad SMARTS) is 1. The van der Waals surface area contributed by atoms with E-state index in [9.17, 15) is 14.0 Å². The Labute approximate surface area is 68.6 Å². The number of esters is 1. The summed E-state index contributed by atoms with van der Waals surface area (Å²) < 4.78 is 16.1. The first-order valence-corrected chi connectivity index (χ1v) is 3.14. The van der Waals surface area contributed by atoms with Crippen LogP contribution in [0.4, 0.5) is 4.39 Å². The van der Waals surface area contributed by atoms with E-state index in [4.69, 9.17) is 5.11 Å². The quantitative estimate of drug-likeness (QED) is 0.501. The standard InChI is InChI=1S/C7H9FO4/c1-4(2)7(11)12-5(3-8)6(9)10/h5H,1,3H2,2H3,(H,9,10). The summed E-state index contributed by atoms with van der Waals surface area (Å²) in [4.78, 5) is 20.8. The average molecular weight is 176 g/mol. The Morgan fingerprint density at radius 1 is 1.67 bits per heavy atom. The van der Waals surface area contributed by atoms with Crippen LogP contribution in [-0.2, 0) is 14.3 Å². The van der Waals surface area contributed by atoms with Crippen molar-refractivity contribution in [3.8, 4) is 0 Å². The van der Waals surface area contributed by atoms with E-state index < -0.39 is 24.7 Å². The lowest BCUT2D eigenvalue weighted by Crippen LogP contribution is -2.29. The molecule has 0 fully saturated rings. The number of ether oxygens (including phenoxy) is 1. The number of hydrogen-bond acceptors (Lipinski definition) is 3. The van der Waals surface area contributed by atoms with Crippen LogP contribution in [0.1, 0.15) is 6.92 Å². The van der Waals surface area contributed by atoms with Crippen LogP contribution in [0.2, 0.25) is 0 Å². The van der Waals surface area contributed by atoms with Crippen molar-refractivity contribution in [2.45, 2.75) is 13.0 Å². The Morgan fingerprint density at radius 2 is 2.17 bits per heavy atom. The van der Waals surface area contributed by atoms with Gasteiger partial charge in [-0.3, -0.25) is 0 Å². The second-order valence-corrected chi connectivity index (χ2v) is 2.17.